The molecule has 0 fully saturated rings. The summed E-state index contributed by atoms with van der Waals surface area (Å²) in [5.41, 5.74) is 0. The lowest BCUT2D eigenvalue weighted by Crippen LogP contribution is -2.32. The van der Waals surface area contributed by atoms with Crippen LogP contribution in [0.3, 0.4) is 0 Å². The molecule has 23 heavy (non-hydrogen) atoms. The standard InChI is InChI=1S/C19H37NO2S/c1-17(2)19(22)13-11-9-7-5-3-4-6-8-10-12-14-20-18(15-21)16-23/h15,17-18,20,23H,3-14,16H2,1-2H3/t18-/m1/s1. The number of hydrogen-bond donors (Lipinski definition) is 2. The maximum absolute atomic E-state index is 11.5. The molecular weight excluding hydrogens is 306 g/mol. The van der Waals surface area contributed by atoms with Crippen molar-refractivity contribution in [2.45, 2.75) is 90.5 Å². The largest absolute Gasteiger partial charge is 0.307 e. The number of carbonyl (C=O) groups is 2. The molecule has 0 bridgehead atoms. The summed E-state index contributed by atoms with van der Waals surface area (Å²) in [7, 11) is 0. The summed E-state index contributed by atoms with van der Waals surface area (Å²) >= 11 is 4.12. The topological polar surface area (TPSA) is 46.2 Å². The minimum absolute atomic E-state index is 0.0887. The summed E-state index contributed by atoms with van der Waals surface area (Å²) in [6.45, 7) is 4.89. The van der Waals surface area contributed by atoms with Gasteiger partial charge in [-0.15, -0.1) is 0 Å². The van der Waals surface area contributed by atoms with E-state index in [1.54, 1.807) is 0 Å². The van der Waals surface area contributed by atoms with Crippen LogP contribution in [0.2, 0.25) is 0 Å². The monoisotopic (exact) mass is 343 g/mol. The SMILES string of the molecule is CC(C)C(=O)CCCCCCCCCCCCN[C@H](C=O)CS. The summed E-state index contributed by atoms with van der Waals surface area (Å²) in [6.07, 6.45) is 14.2. The molecule has 0 amide bonds. The molecule has 0 aliphatic heterocycles. The molecule has 0 aliphatic carbocycles. The maximum Gasteiger partial charge on any atom is 0.137 e. The second-order valence-corrected chi connectivity index (χ2v) is 7.15. The van der Waals surface area contributed by atoms with E-state index in [0.29, 0.717) is 11.5 Å². The zero-order valence-electron chi connectivity index (χ0n) is 15.2. The molecule has 1 N–H and O–H groups in total. The van der Waals surface area contributed by atoms with Crippen LogP contribution in [0.4, 0.5) is 0 Å². The molecule has 0 saturated carbocycles. The molecule has 0 aliphatic rings. The van der Waals surface area contributed by atoms with Crippen molar-refractivity contribution >= 4 is 24.7 Å². The van der Waals surface area contributed by atoms with E-state index in [4.69, 9.17) is 0 Å². The molecule has 0 aromatic rings. The lowest BCUT2D eigenvalue weighted by atomic mass is 10.0. The van der Waals surface area contributed by atoms with Gasteiger partial charge in [-0.3, -0.25) is 4.79 Å². The number of hydrogen-bond acceptors (Lipinski definition) is 4. The lowest BCUT2D eigenvalue weighted by Gasteiger charge is -2.09. The van der Waals surface area contributed by atoms with Crippen molar-refractivity contribution in [3.05, 3.63) is 0 Å². The van der Waals surface area contributed by atoms with Crippen LogP contribution in [-0.4, -0.2) is 30.4 Å². The number of carbonyl (C=O) groups excluding carboxylic acids is 2. The number of rotatable bonds is 17. The Labute approximate surface area is 148 Å². The highest BCUT2D eigenvalue weighted by atomic mass is 32.1. The van der Waals surface area contributed by atoms with Crippen LogP contribution in [0.1, 0.15) is 84.5 Å². The zero-order chi connectivity index (χ0) is 17.3. The van der Waals surface area contributed by atoms with Gasteiger partial charge < -0.3 is 10.1 Å². The summed E-state index contributed by atoms with van der Waals surface area (Å²) in [4.78, 5) is 22.1. The third-order valence-corrected chi connectivity index (χ3v) is 4.65. The molecular formula is C19H37NO2S. The average molecular weight is 344 g/mol. The molecule has 0 aromatic carbocycles. The third-order valence-electron chi connectivity index (χ3n) is 4.26. The van der Waals surface area contributed by atoms with Crippen molar-refractivity contribution < 1.29 is 9.59 Å². The van der Waals surface area contributed by atoms with Crippen LogP contribution in [0.15, 0.2) is 0 Å². The van der Waals surface area contributed by atoms with Gasteiger partial charge in [0.2, 0.25) is 0 Å². The number of aldehydes is 1. The predicted molar refractivity (Wildman–Crippen MR) is 102 cm³/mol. The van der Waals surface area contributed by atoms with Gasteiger partial charge in [-0.05, 0) is 19.4 Å². The Morgan fingerprint density at radius 2 is 1.39 bits per heavy atom. The number of unbranched alkanes of at least 4 members (excludes halogenated alkanes) is 9. The summed E-state index contributed by atoms with van der Waals surface area (Å²) in [5, 5.41) is 3.20. The van der Waals surface area contributed by atoms with Crippen molar-refractivity contribution in [1.82, 2.24) is 5.32 Å². The van der Waals surface area contributed by atoms with Gasteiger partial charge in [-0.1, -0.05) is 65.2 Å². The Morgan fingerprint density at radius 1 is 0.913 bits per heavy atom. The zero-order valence-corrected chi connectivity index (χ0v) is 16.1. The molecule has 0 unspecified atom stereocenters. The molecule has 0 spiro atoms. The highest BCUT2D eigenvalue weighted by molar-refractivity contribution is 7.80. The molecule has 0 heterocycles. The van der Waals surface area contributed by atoms with Crippen LogP contribution in [0, 0.1) is 5.92 Å². The maximum atomic E-state index is 11.5. The van der Waals surface area contributed by atoms with E-state index in [1.165, 1.54) is 51.4 Å². The molecule has 136 valence electrons. The van der Waals surface area contributed by atoms with E-state index in [-0.39, 0.29) is 12.0 Å². The third kappa shape index (κ3) is 14.9. The Kier molecular flexibility index (Phi) is 16.3. The Bertz CT molecular complexity index is 295. The van der Waals surface area contributed by atoms with E-state index < -0.39 is 0 Å². The highest BCUT2D eigenvalue weighted by Crippen LogP contribution is 2.12. The minimum Gasteiger partial charge on any atom is -0.307 e. The second-order valence-electron chi connectivity index (χ2n) is 6.79. The molecule has 0 rings (SSSR count). The number of Topliss-reactive ketones (excluding diaryl/α,β-unsaturated/α-hetero) is 1. The first kappa shape index (κ1) is 22.6. The van der Waals surface area contributed by atoms with Gasteiger partial charge in [0.25, 0.3) is 0 Å². The molecule has 4 heteroatoms. The van der Waals surface area contributed by atoms with Gasteiger partial charge in [-0.2, -0.15) is 12.6 Å². The van der Waals surface area contributed by atoms with Crippen LogP contribution in [0.5, 0.6) is 0 Å². The van der Waals surface area contributed by atoms with Crippen molar-refractivity contribution in [1.29, 1.82) is 0 Å². The van der Waals surface area contributed by atoms with E-state index in [2.05, 4.69) is 17.9 Å². The quantitative estimate of drug-likeness (QED) is 0.231. The predicted octanol–water partition coefficient (Wildman–Crippen LogP) is 4.59. The van der Waals surface area contributed by atoms with Crippen molar-refractivity contribution in [3.8, 4) is 0 Å². The van der Waals surface area contributed by atoms with E-state index in [0.717, 1.165) is 32.1 Å². The summed E-state index contributed by atoms with van der Waals surface area (Å²) in [6, 6.07) is -0.0887. The van der Waals surface area contributed by atoms with Crippen LogP contribution >= 0.6 is 12.6 Å². The molecule has 1 atom stereocenters. The first-order valence-electron chi connectivity index (χ1n) is 9.44. The number of nitrogens with one attached hydrogen (secondary N) is 1. The Balaban J connectivity index is 3.16. The second kappa shape index (κ2) is 16.5. The van der Waals surface area contributed by atoms with E-state index in [1.807, 2.05) is 13.8 Å². The normalized spacial score (nSPS) is 12.5. The molecule has 0 radical (unpaired) electrons. The molecule has 0 aromatic heterocycles. The van der Waals surface area contributed by atoms with Gasteiger partial charge in [0.1, 0.15) is 12.1 Å². The minimum atomic E-state index is -0.0887. The van der Waals surface area contributed by atoms with Gasteiger partial charge >= 0.3 is 0 Å². The van der Waals surface area contributed by atoms with Gasteiger partial charge in [0, 0.05) is 18.1 Å². The fraction of sp³-hybridized carbons (Fsp3) is 0.895. The van der Waals surface area contributed by atoms with Gasteiger partial charge in [0.15, 0.2) is 0 Å². The van der Waals surface area contributed by atoms with Crippen LogP contribution in [0.25, 0.3) is 0 Å². The Hall–Kier alpha value is -0.350. The first-order valence-corrected chi connectivity index (χ1v) is 10.1. The van der Waals surface area contributed by atoms with Crippen molar-refractivity contribution in [2.75, 3.05) is 12.3 Å². The smallest absolute Gasteiger partial charge is 0.137 e. The summed E-state index contributed by atoms with van der Waals surface area (Å²) in [5.74, 6) is 1.19. The van der Waals surface area contributed by atoms with E-state index in [9.17, 15) is 9.59 Å². The molecule has 3 nitrogen and oxygen atoms in total. The highest BCUT2D eigenvalue weighted by Gasteiger charge is 2.05. The van der Waals surface area contributed by atoms with Crippen LogP contribution in [-0.2, 0) is 9.59 Å². The van der Waals surface area contributed by atoms with E-state index >= 15 is 0 Å². The lowest BCUT2D eigenvalue weighted by molar-refractivity contribution is -0.122. The Morgan fingerprint density at radius 3 is 1.83 bits per heavy atom. The molecule has 0 saturated heterocycles. The number of ketones is 1. The fourth-order valence-electron chi connectivity index (χ4n) is 2.57. The summed E-state index contributed by atoms with van der Waals surface area (Å²) < 4.78 is 0. The fourth-order valence-corrected chi connectivity index (χ4v) is 2.79. The average Bonchev–Trinajstić information content (AvgIpc) is 2.55. The van der Waals surface area contributed by atoms with Gasteiger partial charge in [-0.25, -0.2) is 0 Å². The first-order chi connectivity index (χ1) is 11.1. The number of thiol groups is 1. The van der Waals surface area contributed by atoms with Gasteiger partial charge in [0.05, 0.1) is 6.04 Å². The van der Waals surface area contributed by atoms with Crippen molar-refractivity contribution in [2.24, 2.45) is 5.92 Å². The van der Waals surface area contributed by atoms with Crippen molar-refractivity contribution in [3.63, 3.8) is 0 Å². The van der Waals surface area contributed by atoms with Crippen LogP contribution < -0.4 is 5.32 Å².